The molecule has 1 rings (SSSR count). The van der Waals surface area contributed by atoms with Gasteiger partial charge in [0.05, 0.1) is 23.6 Å². The van der Waals surface area contributed by atoms with Crippen molar-refractivity contribution < 1.29 is 27.7 Å². The van der Waals surface area contributed by atoms with Crippen molar-refractivity contribution in [3.63, 3.8) is 0 Å². The Balaban J connectivity index is 3.23. The number of oxime groups is 2. The van der Waals surface area contributed by atoms with E-state index in [1.807, 2.05) is 33.5 Å². The first kappa shape index (κ1) is 41.0. The van der Waals surface area contributed by atoms with Gasteiger partial charge in [-0.3, -0.25) is 4.79 Å². The molecule has 1 aliphatic carbocycles. The summed E-state index contributed by atoms with van der Waals surface area (Å²) in [7, 11) is -5.47. The number of rotatable bonds is 23. The van der Waals surface area contributed by atoms with Gasteiger partial charge in [0.15, 0.2) is 16.6 Å². The second kappa shape index (κ2) is 20.3. The number of hydrogen-bond acceptors (Lipinski definition) is 8. The van der Waals surface area contributed by atoms with Crippen molar-refractivity contribution in [2.75, 3.05) is 13.2 Å². The zero-order valence-corrected chi connectivity index (χ0v) is 33.6. The summed E-state index contributed by atoms with van der Waals surface area (Å²) in [6.07, 6.45) is 11.4. The molecule has 4 atom stereocenters. The molecule has 0 spiro atoms. The first-order valence-electron chi connectivity index (χ1n) is 17.4. The second-order valence-electron chi connectivity index (χ2n) is 15.2. The van der Waals surface area contributed by atoms with E-state index in [-0.39, 0.29) is 24.1 Å². The molecule has 0 unspecified atom stereocenters. The molecule has 0 aliphatic heterocycles. The highest BCUT2D eigenvalue weighted by Gasteiger charge is 2.47. The molecule has 0 aromatic rings. The molecular formula is C33H68N2O6Si3. The lowest BCUT2D eigenvalue weighted by Gasteiger charge is -2.32. The smallest absolute Gasteiger partial charge is 0.292 e. The molecule has 0 heterocycles. The highest BCUT2D eigenvalue weighted by atomic mass is 28.4. The Morgan fingerprint density at radius 3 is 1.66 bits per heavy atom. The van der Waals surface area contributed by atoms with Crippen molar-refractivity contribution in [1.82, 2.24) is 0 Å². The molecule has 1 fully saturated rings. The van der Waals surface area contributed by atoms with Crippen LogP contribution in [-0.2, 0) is 27.7 Å². The monoisotopic (exact) mass is 672 g/mol. The van der Waals surface area contributed by atoms with Crippen LogP contribution in [0.2, 0.25) is 58.9 Å². The average Bonchev–Trinajstić information content (AvgIpc) is 3.17. The number of carbonyl (C=O) groups excluding carboxylic acids is 1. The third kappa shape index (κ3) is 18.8. The molecule has 0 amide bonds. The van der Waals surface area contributed by atoms with Gasteiger partial charge in [-0.15, -0.1) is 0 Å². The predicted octanol–water partition coefficient (Wildman–Crippen LogP) is 9.54. The molecule has 1 saturated carbocycles. The minimum Gasteiger partial charge on any atom is -0.520 e. The molecule has 11 heteroatoms. The van der Waals surface area contributed by atoms with Crippen LogP contribution in [0.3, 0.4) is 0 Å². The molecular weight excluding hydrogens is 605 g/mol. The molecule has 0 saturated heterocycles. The van der Waals surface area contributed by atoms with E-state index in [0.717, 1.165) is 69.2 Å². The van der Waals surface area contributed by atoms with Crippen LogP contribution in [0.4, 0.5) is 0 Å². The topological polar surface area (TPSA) is 87.9 Å². The van der Waals surface area contributed by atoms with Crippen LogP contribution in [-0.4, -0.2) is 67.8 Å². The highest BCUT2D eigenvalue weighted by Crippen LogP contribution is 2.44. The number of nitrogens with zero attached hydrogens (tertiary/aromatic N) is 2. The van der Waals surface area contributed by atoms with Crippen molar-refractivity contribution >= 4 is 42.3 Å². The van der Waals surface area contributed by atoms with Crippen LogP contribution in [0.25, 0.3) is 0 Å². The Bertz CT molecular complexity index is 880. The molecule has 0 aromatic heterocycles. The number of unbranched alkanes of at least 4 members (excludes halogenated alkanes) is 3. The standard InChI is InChI=1S/C33H68N2O6Si3/c1-13-16-17-20-27(34-37-14-2)23-24-29-30(32(40-43(7,8)9)26-31(29)39-42(4,5)6)25-28(35-38-15-3)21-18-19-22-33(36)41-44(10,11)12/h29-32H,13-26H2,1-12H3/b34-27-,35-28+/t29-,30-,31-,32+/m1/s1. The van der Waals surface area contributed by atoms with Gasteiger partial charge in [-0.25, -0.2) is 0 Å². The summed E-state index contributed by atoms with van der Waals surface area (Å²) < 4.78 is 19.5. The van der Waals surface area contributed by atoms with Gasteiger partial charge in [0.1, 0.15) is 13.2 Å². The first-order valence-corrected chi connectivity index (χ1v) is 27.6. The number of carbonyl (C=O) groups is 1. The lowest BCUT2D eigenvalue weighted by molar-refractivity contribution is -0.135. The largest absolute Gasteiger partial charge is 0.520 e. The fourth-order valence-electron chi connectivity index (χ4n) is 5.88. The van der Waals surface area contributed by atoms with Crippen LogP contribution in [0.5, 0.6) is 0 Å². The van der Waals surface area contributed by atoms with Crippen molar-refractivity contribution in [3.8, 4) is 0 Å². The molecule has 1 aliphatic rings. The summed E-state index contributed by atoms with van der Waals surface area (Å²) in [5, 5.41) is 9.17. The first-order chi connectivity index (χ1) is 20.5. The molecule has 8 nitrogen and oxygen atoms in total. The van der Waals surface area contributed by atoms with Crippen LogP contribution in [0.1, 0.15) is 97.8 Å². The summed E-state index contributed by atoms with van der Waals surface area (Å²) in [6, 6.07) is 0. The predicted molar refractivity (Wildman–Crippen MR) is 192 cm³/mol. The maximum atomic E-state index is 12.3. The van der Waals surface area contributed by atoms with Crippen molar-refractivity contribution in [1.29, 1.82) is 0 Å². The van der Waals surface area contributed by atoms with E-state index in [0.29, 0.717) is 25.6 Å². The lowest BCUT2D eigenvalue weighted by Crippen LogP contribution is -2.36. The van der Waals surface area contributed by atoms with Gasteiger partial charge in [0, 0.05) is 6.42 Å². The van der Waals surface area contributed by atoms with Crippen LogP contribution in [0.15, 0.2) is 10.3 Å². The summed E-state index contributed by atoms with van der Waals surface area (Å²) in [5.41, 5.74) is 2.22. The lowest BCUT2D eigenvalue weighted by atomic mass is 9.84. The van der Waals surface area contributed by atoms with Gasteiger partial charge in [-0.1, -0.05) is 30.1 Å². The maximum Gasteiger partial charge on any atom is 0.292 e. The Morgan fingerprint density at radius 2 is 1.14 bits per heavy atom. The Kier molecular flexibility index (Phi) is 18.9. The van der Waals surface area contributed by atoms with E-state index in [4.69, 9.17) is 23.0 Å². The van der Waals surface area contributed by atoms with Gasteiger partial charge in [-0.2, -0.15) is 0 Å². The fraction of sp³-hybridized carbons (Fsp3) is 0.909. The fourth-order valence-corrected chi connectivity index (χ4v) is 9.02. The Morgan fingerprint density at radius 1 is 0.636 bits per heavy atom. The molecule has 0 aromatic carbocycles. The molecule has 0 N–H and O–H groups in total. The zero-order chi connectivity index (χ0) is 33.4. The summed E-state index contributed by atoms with van der Waals surface area (Å²) in [5.74, 6) is 0.532. The van der Waals surface area contributed by atoms with E-state index >= 15 is 0 Å². The highest BCUT2D eigenvalue weighted by molar-refractivity contribution is 6.71. The Labute approximate surface area is 273 Å². The molecule has 0 bridgehead atoms. The number of hydrogen-bond donors (Lipinski definition) is 0. The normalized spacial score (nSPS) is 21.9. The summed E-state index contributed by atoms with van der Waals surface area (Å²) in [6.45, 7) is 27.1. The molecule has 0 radical (unpaired) electrons. The summed E-state index contributed by atoms with van der Waals surface area (Å²) in [4.78, 5) is 23.5. The van der Waals surface area contributed by atoms with E-state index in [1.54, 1.807) is 0 Å². The minimum atomic E-state index is -1.87. The van der Waals surface area contributed by atoms with Crippen molar-refractivity contribution in [2.24, 2.45) is 22.1 Å². The quantitative estimate of drug-likeness (QED) is 0.0465. The van der Waals surface area contributed by atoms with E-state index in [1.165, 1.54) is 12.8 Å². The van der Waals surface area contributed by atoms with E-state index < -0.39 is 25.0 Å². The van der Waals surface area contributed by atoms with Gasteiger partial charge in [0.2, 0.25) is 8.32 Å². The minimum absolute atomic E-state index is 0.0817. The van der Waals surface area contributed by atoms with Crippen LogP contribution in [0, 0.1) is 11.8 Å². The van der Waals surface area contributed by atoms with Gasteiger partial charge >= 0.3 is 0 Å². The van der Waals surface area contributed by atoms with E-state index in [2.05, 4.69) is 56.5 Å². The maximum absolute atomic E-state index is 12.3. The SMILES string of the molecule is CCCCC/C(CC[C@@H]1[C@@H](C/C(CCCCC(=O)O[Si](C)(C)C)=N/OCC)[C@@H](O[Si](C)(C)C)C[C@H]1O[Si](C)(C)C)=N/OCC. The second-order valence-corrected chi connectivity index (χ2v) is 28.6. The van der Waals surface area contributed by atoms with Gasteiger partial charge in [-0.05, 0) is 142 Å². The average molecular weight is 673 g/mol. The van der Waals surface area contributed by atoms with Gasteiger partial charge < -0.3 is 23.0 Å². The molecule has 258 valence electrons. The van der Waals surface area contributed by atoms with Crippen LogP contribution >= 0.6 is 0 Å². The summed E-state index contributed by atoms with van der Waals surface area (Å²) >= 11 is 0. The zero-order valence-electron chi connectivity index (χ0n) is 30.6. The third-order valence-corrected chi connectivity index (χ3v) is 10.3. The van der Waals surface area contributed by atoms with Gasteiger partial charge in [0.25, 0.3) is 5.97 Å². The van der Waals surface area contributed by atoms with Crippen molar-refractivity contribution in [2.45, 2.75) is 169 Å². The Hall–Kier alpha value is -1.02. The third-order valence-electron chi connectivity index (χ3n) is 7.45. The van der Waals surface area contributed by atoms with E-state index in [9.17, 15) is 4.79 Å². The van der Waals surface area contributed by atoms with Crippen molar-refractivity contribution in [3.05, 3.63) is 0 Å². The van der Waals surface area contributed by atoms with Crippen LogP contribution < -0.4 is 0 Å². The molecule has 44 heavy (non-hydrogen) atoms.